The Morgan fingerprint density at radius 3 is 2.50 bits per heavy atom. The fraction of sp³-hybridized carbons (Fsp3) is 0.174. The average molecular weight is 473 g/mol. The standard InChI is InChI=1S/C23H21ClN2O5S/c1-16-4-2-3-5-20(16)26(32(28,29)19-9-7-18(24)8-10-19)14-23(27)25-13-17-6-11-21-22(12-17)31-15-30-21/h2-12H,13-15H2,1H3,(H,25,27). The molecular weight excluding hydrogens is 452 g/mol. The summed E-state index contributed by atoms with van der Waals surface area (Å²) in [5.41, 5.74) is 1.97. The fourth-order valence-electron chi connectivity index (χ4n) is 3.31. The van der Waals surface area contributed by atoms with Crippen LogP contribution in [-0.2, 0) is 21.4 Å². The van der Waals surface area contributed by atoms with Crippen LogP contribution in [0.2, 0.25) is 5.02 Å². The van der Waals surface area contributed by atoms with Crippen LogP contribution in [-0.4, -0.2) is 27.7 Å². The number of anilines is 1. The molecule has 0 spiro atoms. The number of halogens is 1. The zero-order valence-corrected chi connectivity index (χ0v) is 18.8. The first-order chi connectivity index (χ1) is 15.3. The molecule has 1 aliphatic rings. The largest absolute Gasteiger partial charge is 0.454 e. The number of rotatable bonds is 7. The number of benzene rings is 3. The van der Waals surface area contributed by atoms with E-state index in [1.807, 2.05) is 12.1 Å². The quantitative estimate of drug-likeness (QED) is 0.564. The molecule has 9 heteroatoms. The summed E-state index contributed by atoms with van der Waals surface area (Å²) in [7, 11) is -4.00. The molecule has 1 aliphatic heterocycles. The van der Waals surface area contributed by atoms with Gasteiger partial charge >= 0.3 is 0 Å². The molecule has 32 heavy (non-hydrogen) atoms. The van der Waals surface area contributed by atoms with Gasteiger partial charge in [-0.05, 0) is 60.5 Å². The highest BCUT2D eigenvalue weighted by Gasteiger charge is 2.28. The third-order valence-corrected chi connectivity index (χ3v) is 7.03. The lowest BCUT2D eigenvalue weighted by atomic mass is 10.2. The van der Waals surface area contributed by atoms with Crippen LogP contribution in [0, 0.1) is 6.92 Å². The summed E-state index contributed by atoms with van der Waals surface area (Å²) >= 11 is 5.91. The topological polar surface area (TPSA) is 84.9 Å². The summed E-state index contributed by atoms with van der Waals surface area (Å²) < 4.78 is 38.6. The van der Waals surface area contributed by atoms with E-state index >= 15 is 0 Å². The monoisotopic (exact) mass is 472 g/mol. The zero-order valence-electron chi connectivity index (χ0n) is 17.2. The van der Waals surface area contributed by atoms with E-state index < -0.39 is 15.9 Å². The number of amides is 1. The predicted octanol–water partition coefficient (Wildman–Crippen LogP) is 3.89. The maximum atomic E-state index is 13.4. The van der Waals surface area contributed by atoms with E-state index in [-0.39, 0.29) is 24.8 Å². The van der Waals surface area contributed by atoms with Crippen molar-refractivity contribution in [3.8, 4) is 11.5 Å². The van der Waals surface area contributed by atoms with Gasteiger partial charge in [-0.2, -0.15) is 0 Å². The Labute approximate surface area is 191 Å². The number of carbonyl (C=O) groups is 1. The summed E-state index contributed by atoms with van der Waals surface area (Å²) in [4.78, 5) is 12.8. The van der Waals surface area contributed by atoms with Crippen LogP contribution in [0.15, 0.2) is 71.6 Å². The van der Waals surface area contributed by atoms with Crippen molar-refractivity contribution < 1.29 is 22.7 Å². The Balaban J connectivity index is 1.56. The maximum absolute atomic E-state index is 13.4. The third-order valence-electron chi connectivity index (χ3n) is 5.00. The van der Waals surface area contributed by atoms with E-state index in [0.29, 0.717) is 22.2 Å². The molecule has 166 valence electrons. The molecule has 0 fully saturated rings. The molecule has 3 aromatic rings. The number of hydrogen-bond acceptors (Lipinski definition) is 5. The molecule has 7 nitrogen and oxygen atoms in total. The molecule has 0 saturated heterocycles. The van der Waals surface area contributed by atoms with Crippen LogP contribution < -0.4 is 19.1 Å². The van der Waals surface area contributed by atoms with Gasteiger partial charge < -0.3 is 14.8 Å². The van der Waals surface area contributed by atoms with E-state index in [2.05, 4.69) is 5.32 Å². The second kappa shape index (κ2) is 9.10. The summed E-state index contributed by atoms with van der Waals surface area (Å²) in [6.45, 7) is 1.81. The Morgan fingerprint density at radius 2 is 1.75 bits per heavy atom. The molecule has 0 aliphatic carbocycles. The Morgan fingerprint density at radius 1 is 1.03 bits per heavy atom. The number of nitrogens with one attached hydrogen (secondary N) is 1. The Kier molecular flexibility index (Phi) is 6.25. The number of ether oxygens (including phenoxy) is 2. The Bertz CT molecular complexity index is 1250. The van der Waals surface area contributed by atoms with E-state index in [9.17, 15) is 13.2 Å². The summed E-state index contributed by atoms with van der Waals surface area (Å²) in [5, 5.41) is 3.20. The number of hydrogen-bond donors (Lipinski definition) is 1. The van der Waals surface area contributed by atoms with Gasteiger partial charge in [0.25, 0.3) is 10.0 Å². The van der Waals surface area contributed by atoms with Crippen LogP contribution >= 0.6 is 11.6 Å². The highest BCUT2D eigenvalue weighted by molar-refractivity contribution is 7.92. The van der Waals surface area contributed by atoms with Crippen LogP contribution in [0.1, 0.15) is 11.1 Å². The average Bonchev–Trinajstić information content (AvgIpc) is 3.25. The molecule has 1 heterocycles. The second-order valence-electron chi connectivity index (χ2n) is 7.22. The Hall–Kier alpha value is -3.23. The molecular formula is C23H21ClN2O5S. The normalized spacial score (nSPS) is 12.4. The highest BCUT2D eigenvalue weighted by atomic mass is 35.5. The molecule has 3 aromatic carbocycles. The van der Waals surface area contributed by atoms with Crippen molar-refractivity contribution >= 4 is 33.2 Å². The molecule has 0 bridgehead atoms. The molecule has 1 amide bonds. The van der Waals surface area contributed by atoms with Gasteiger partial charge in [0.2, 0.25) is 12.7 Å². The van der Waals surface area contributed by atoms with Crippen molar-refractivity contribution in [3.63, 3.8) is 0 Å². The van der Waals surface area contributed by atoms with Crippen LogP contribution in [0.3, 0.4) is 0 Å². The number of carbonyl (C=O) groups excluding carboxylic acids is 1. The van der Waals surface area contributed by atoms with Crippen molar-refractivity contribution in [2.45, 2.75) is 18.4 Å². The minimum atomic E-state index is -4.00. The molecule has 0 unspecified atom stereocenters. The van der Waals surface area contributed by atoms with Crippen molar-refractivity contribution in [3.05, 3.63) is 82.9 Å². The van der Waals surface area contributed by atoms with E-state index in [0.717, 1.165) is 15.4 Å². The number of para-hydroxylation sites is 1. The zero-order chi connectivity index (χ0) is 22.7. The van der Waals surface area contributed by atoms with Gasteiger partial charge in [0.05, 0.1) is 10.6 Å². The molecule has 0 radical (unpaired) electrons. The van der Waals surface area contributed by atoms with Crippen molar-refractivity contribution in [1.29, 1.82) is 0 Å². The number of sulfonamides is 1. The van der Waals surface area contributed by atoms with Gasteiger partial charge in [-0.1, -0.05) is 35.9 Å². The second-order valence-corrected chi connectivity index (χ2v) is 9.52. The molecule has 4 rings (SSSR count). The first-order valence-electron chi connectivity index (χ1n) is 9.84. The number of aryl methyl sites for hydroxylation is 1. The van der Waals surface area contributed by atoms with Crippen molar-refractivity contribution in [2.24, 2.45) is 0 Å². The van der Waals surface area contributed by atoms with Gasteiger partial charge in [0.1, 0.15) is 6.54 Å². The molecule has 0 saturated carbocycles. The predicted molar refractivity (Wildman–Crippen MR) is 122 cm³/mol. The minimum absolute atomic E-state index is 0.0497. The molecule has 1 N–H and O–H groups in total. The SMILES string of the molecule is Cc1ccccc1N(CC(=O)NCc1ccc2c(c1)OCO2)S(=O)(=O)c1ccc(Cl)cc1. The molecule has 0 aromatic heterocycles. The number of nitrogens with zero attached hydrogens (tertiary/aromatic N) is 1. The van der Waals surface area contributed by atoms with Gasteiger partial charge in [-0.25, -0.2) is 8.42 Å². The summed E-state index contributed by atoms with van der Waals surface area (Å²) in [6.07, 6.45) is 0. The van der Waals surface area contributed by atoms with Crippen molar-refractivity contribution in [1.82, 2.24) is 5.32 Å². The lowest BCUT2D eigenvalue weighted by Crippen LogP contribution is -2.41. The first-order valence-corrected chi connectivity index (χ1v) is 11.7. The smallest absolute Gasteiger partial charge is 0.264 e. The molecule has 0 atom stereocenters. The van der Waals surface area contributed by atoms with Gasteiger partial charge in [-0.15, -0.1) is 0 Å². The van der Waals surface area contributed by atoms with Gasteiger partial charge in [-0.3, -0.25) is 9.10 Å². The van der Waals surface area contributed by atoms with Gasteiger partial charge in [0, 0.05) is 11.6 Å². The van der Waals surface area contributed by atoms with Crippen molar-refractivity contribution in [2.75, 3.05) is 17.6 Å². The van der Waals surface area contributed by atoms with Crippen LogP contribution in [0.5, 0.6) is 11.5 Å². The van der Waals surface area contributed by atoms with Gasteiger partial charge in [0.15, 0.2) is 11.5 Å². The fourth-order valence-corrected chi connectivity index (χ4v) is 4.93. The summed E-state index contributed by atoms with van der Waals surface area (Å²) in [6, 6.07) is 18.2. The number of fused-ring (bicyclic) bond motifs is 1. The van der Waals surface area contributed by atoms with E-state index in [4.69, 9.17) is 21.1 Å². The van der Waals surface area contributed by atoms with E-state index in [1.54, 1.807) is 37.3 Å². The highest BCUT2D eigenvalue weighted by Crippen LogP contribution is 2.32. The summed E-state index contributed by atoms with van der Waals surface area (Å²) in [5.74, 6) is 0.826. The van der Waals surface area contributed by atoms with E-state index in [1.165, 1.54) is 24.3 Å². The lowest BCUT2D eigenvalue weighted by molar-refractivity contribution is -0.119. The van der Waals surface area contributed by atoms with Crippen LogP contribution in [0.25, 0.3) is 0 Å². The lowest BCUT2D eigenvalue weighted by Gasteiger charge is -2.25. The minimum Gasteiger partial charge on any atom is -0.454 e. The first kappa shape index (κ1) is 22.0. The third kappa shape index (κ3) is 4.66. The maximum Gasteiger partial charge on any atom is 0.264 e. The van der Waals surface area contributed by atoms with Crippen LogP contribution in [0.4, 0.5) is 5.69 Å².